The molecule has 0 heterocycles. The van der Waals surface area contributed by atoms with Gasteiger partial charge in [-0.15, -0.1) is 0 Å². The van der Waals surface area contributed by atoms with E-state index in [1.54, 1.807) is 13.4 Å². The lowest BCUT2D eigenvalue weighted by Crippen LogP contribution is -1.81. The third-order valence-electron chi connectivity index (χ3n) is 1.26. The Morgan fingerprint density at radius 3 is 2.70 bits per heavy atom. The highest BCUT2D eigenvalue weighted by Gasteiger charge is 1.83. The van der Waals surface area contributed by atoms with Gasteiger partial charge in [0.15, 0.2) is 0 Å². The van der Waals surface area contributed by atoms with Gasteiger partial charge >= 0.3 is 0 Å². The summed E-state index contributed by atoms with van der Waals surface area (Å²) in [5.41, 5.74) is 0. The van der Waals surface area contributed by atoms with Crippen LogP contribution >= 0.6 is 0 Å². The zero-order chi connectivity index (χ0) is 7.66. The lowest BCUT2D eigenvalue weighted by molar-refractivity contribution is 0.283. The highest BCUT2D eigenvalue weighted by atomic mass is 16.5. The van der Waals surface area contributed by atoms with Crippen LogP contribution in [0.5, 0.6) is 0 Å². The SMILES string of the molecule is CO/C=C/CCCCCO. The van der Waals surface area contributed by atoms with Crippen molar-refractivity contribution < 1.29 is 9.84 Å². The van der Waals surface area contributed by atoms with Crippen molar-refractivity contribution in [2.45, 2.75) is 25.7 Å². The molecule has 0 unspecified atom stereocenters. The summed E-state index contributed by atoms with van der Waals surface area (Å²) in [7, 11) is 1.64. The Morgan fingerprint density at radius 2 is 2.10 bits per heavy atom. The van der Waals surface area contributed by atoms with Gasteiger partial charge in [0, 0.05) is 6.61 Å². The molecule has 0 fully saturated rings. The van der Waals surface area contributed by atoms with Crippen molar-refractivity contribution in [2.75, 3.05) is 13.7 Å². The van der Waals surface area contributed by atoms with Gasteiger partial charge in [-0.05, 0) is 25.3 Å². The van der Waals surface area contributed by atoms with Crippen molar-refractivity contribution >= 4 is 0 Å². The Morgan fingerprint density at radius 1 is 1.30 bits per heavy atom. The van der Waals surface area contributed by atoms with Gasteiger partial charge in [0.25, 0.3) is 0 Å². The molecule has 10 heavy (non-hydrogen) atoms. The third-order valence-corrected chi connectivity index (χ3v) is 1.26. The number of methoxy groups -OCH3 is 1. The highest BCUT2D eigenvalue weighted by molar-refractivity contribution is 4.72. The van der Waals surface area contributed by atoms with Crippen LogP contribution in [0, 0.1) is 0 Å². The van der Waals surface area contributed by atoms with E-state index in [0.29, 0.717) is 6.61 Å². The zero-order valence-corrected chi connectivity index (χ0v) is 6.55. The quantitative estimate of drug-likeness (QED) is 0.454. The van der Waals surface area contributed by atoms with Gasteiger partial charge in [0.2, 0.25) is 0 Å². The predicted molar refractivity (Wildman–Crippen MR) is 41.7 cm³/mol. The molecule has 0 aromatic heterocycles. The fraction of sp³-hybridized carbons (Fsp3) is 0.750. The maximum absolute atomic E-state index is 8.43. The Balaban J connectivity index is 2.83. The van der Waals surface area contributed by atoms with Crippen LogP contribution in [-0.4, -0.2) is 18.8 Å². The van der Waals surface area contributed by atoms with Crippen LogP contribution in [0.2, 0.25) is 0 Å². The number of hydrogen-bond acceptors (Lipinski definition) is 2. The van der Waals surface area contributed by atoms with Crippen LogP contribution in [-0.2, 0) is 4.74 Å². The molecule has 0 aliphatic heterocycles. The fourth-order valence-electron chi connectivity index (χ4n) is 0.715. The Hall–Kier alpha value is -0.500. The Labute approximate surface area is 62.5 Å². The van der Waals surface area contributed by atoms with Crippen LogP contribution in [0.15, 0.2) is 12.3 Å². The largest absolute Gasteiger partial charge is 0.505 e. The number of unbranched alkanes of at least 4 members (excludes halogenated alkanes) is 3. The molecule has 0 aromatic carbocycles. The lowest BCUT2D eigenvalue weighted by atomic mass is 10.2. The van der Waals surface area contributed by atoms with Crippen LogP contribution in [0.25, 0.3) is 0 Å². The van der Waals surface area contributed by atoms with Gasteiger partial charge in [-0.2, -0.15) is 0 Å². The van der Waals surface area contributed by atoms with Crippen molar-refractivity contribution in [3.05, 3.63) is 12.3 Å². The molecule has 0 atom stereocenters. The predicted octanol–water partition coefficient (Wildman–Crippen LogP) is 1.70. The molecule has 0 saturated heterocycles. The molecule has 0 spiro atoms. The number of hydrogen-bond donors (Lipinski definition) is 1. The minimum Gasteiger partial charge on any atom is -0.505 e. The van der Waals surface area contributed by atoms with E-state index in [2.05, 4.69) is 0 Å². The third kappa shape index (κ3) is 7.50. The summed E-state index contributed by atoms with van der Waals surface area (Å²) < 4.78 is 4.72. The summed E-state index contributed by atoms with van der Waals surface area (Å²) in [4.78, 5) is 0. The Kier molecular flexibility index (Phi) is 8.07. The zero-order valence-electron chi connectivity index (χ0n) is 6.55. The lowest BCUT2D eigenvalue weighted by Gasteiger charge is -1.93. The highest BCUT2D eigenvalue weighted by Crippen LogP contribution is 1.99. The number of rotatable bonds is 6. The second-order valence-corrected chi connectivity index (χ2v) is 2.18. The minimum absolute atomic E-state index is 0.313. The summed E-state index contributed by atoms with van der Waals surface area (Å²) in [5, 5.41) is 8.43. The van der Waals surface area contributed by atoms with Gasteiger partial charge in [0.05, 0.1) is 13.4 Å². The normalized spacial score (nSPS) is 10.6. The summed E-state index contributed by atoms with van der Waals surface area (Å²) in [6.07, 6.45) is 7.90. The number of aliphatic hydroxyl groups is 1. The maximum Gasteiger partial charge on any atom is 0.0784 e. The van der Waals surface area contributed by atoms with Gasteiger partial charge < -0.3 is 9.84 Å². The van der Waals surface area contributed by atoms with Crippen LogP contribution in [0.4, 0.5) is 0 Å². The molecule has 1 N–H and O–H groups in total. The molecule has 2 heteroatoms. The molecular formula is C8H16O2. The van der Waals surface area contributed by atoms with Crippen molar-refractivity contribution in [2.24, 2.45) is 0 Å². The molecule has 0 radical (unpaired) electrons. The Bertz CT molecular complexity index is 79.3. The van der Waals surface area contributed by atoms with E-state index in [1.807, 2.05) is 6.08 Å². The van der Waals surface area contributed by atoms with Gasteiger partial charge in [-0.3, -0.25) is 0 Å². The van der Waals surface area contributed by atoms with Crippen molar-refractivity contribution in [1.82, 2.24) is 0 Å². The van der Waals surface area contributed by atoms with Crippen LogP contribution in [0.1, 0.15) is 25.7 Å². The second-order valence-electron chi connectivity index (χ2n) is 2.18. The molecule has 0 aromatic rings. The molecule has 0 aliphatic rings. The molecule has 0 saturated carbocycles. The number of ether oxygens (including phenoxy) is 1. The van der Waals surface area contributed by atoms with E-state index in [4.69, 9.17) is 9.84 Å². The van der Waals surface area contributed by atoms with Gasteiger partial charge in [-0.1, -0.05) is 6.42 Å². The van der Waals surface area contributed by atoms with E-state index in [0.717, 1.165) is 25.7 Å². The van der Waals surface area contributed by atoms with E-state index >= 15 is 0 Å². The first kappa shape index (κ1) is 9.50. The number of allylic oxidation sites excluding steroid dienone is 1. The summed E-state index contributed by atoms with van der Waals surface area (Å²) in [6, 6.07) is 0. The summed E-state index contributed by atoms with van der Waals surface area (Å²) in [6.45, 7) is 0.313. The number of aliphatic hydroxyl groups excluding tert-OH is 1. The van der Waals surface area contributed by atoms with Crippen molar-refractivity contribution in [3.8, 4) is 0 Å². The van der Waals surface area contributed by atoms with Crippen molar-refractivity contribution in [1.29, 1.82) is 0 Å². The van der Waals surface area contributed by atoms with E-state index in [-0.39, 0.29) is 0 Å². The van der Waals surface area contributed by atoms with Crippen LogP contribution < -0.4 is 0 Å². The van der Waals surface area contributed by atoms with E-state index < -0.39 is 0 Å². The molecule has 0 amide bonds. The van der Waals surface area contributed by atoms with Gasteiger partial charge in [0.1, 0.15) is 0 Å². The van der Waals surface area contributed by atoms with Crippen molar-refractivity contribution in [3.63, 3.8) is 0 Å². The maximum atomic E-state index is 8.43. The molecular weight excluding hydrogens is 128 g/mol. The molecule has 0 aliphatic carbocycles. The average molecular weight is 144 g/mol. The topological polar surface area (TPSA) is 29.5 Å². The standard InChI is InChI=1S/C8H16O2/c1-10-8-6-4-2-3-5-7-9/h6,8-9H,2-5,7H2,1H3/b8-6+. The first-order chi connectivity index (χ1) is 4.91. The minimum atomic E-state index is 0.313. The van der Waals surface area contributed by atoms with E-state index in [9.17, 15) is 0 Å². The smallest absolute Gasteiger partial charge is 0.0784 e. The molecule has 2 nitrogen and oxygen atoms in total. The average Bonchev–Trinajstić information content (AvgIpc) is 1.97. The fourth-order valence-corrected chi connectivity index (χ4v) is 0.715. The second kappa shape index (κ2) is 8.50. The van der Waals surface area contributed by atoms with Crippen LogP contribution in [0.3, 0.4) is 0 Å². The first-order valence-corrected chi connectivity index (χ1v) is 3.70. The molecule has 0 bridgehead atoms. The summed E-state index contributed by atoms with van der Waals surface area (Å²) >= 11 is 0. The molecule has 60 valence electrons. The van der Waals surface area contributed by atoms with Gasteiger partial charge in [-0.25, -0.2) is 0 Å². The first-order valence-electron chi connectivity index (χ1n) is 3.70. The summed E-state index contributed by atoms with van der Waals surface area (Å²) in [5.74, 6) is 0. The molecule has 0 rings (SSSR count). The monoisotopic (exact) mass is 144 g/mol. The van der Waals surface area contributed by atoms with E-state index in [1.165, 1.54) is 0 Å².